The Morgan fingerprint density at radius 3 is 3.00 bits per heavy atom. The first kappa shape index (κ1) is 9.19. The average Bonchev–Trinajstić information content (AvgIpc) is 2.56. The van der Waals surface area contributed by atoms with Gasteiger partial charge in [-0.15, -0.1) is 0 Å². The van der Waals surface area contributed by atoms with Crippen molar-refractivity contribution in [2.45, 2.75) is 10.9 Å². The van der Waals surface area contributed by atoms with E-state index < -0.39 is 4.45 Å². The van der Waals surface area contributed by atoms with E-state index in [1.165, 1.54) is 0 Å². The summed E-state index contributed by atoms with van der Waals surface area (Å²) in [6, 6.07) is 7.97. The van der Waals surface area contributed by atoms with E-state index >= 15 is 0 Å². The molecule has 1 aromatic heterocycles. The largest absolute Gasteiger partial charge is 0.456 e. The van der Waals surface area contributed by atoms with Gasteiger partial charge in [0.25, 0.3) is 0 Å². The highest BCUT2D eigenvalue weighted by Gasteiger charge is 2.32. The minimum atomic E-state index is -0.496. The number of fused-ring (bicyclic) bond motifs is 3. The molecule has 1 aromatic carbocycles. The summed E-state index contributed by atoms with van der Waals surface area (Å²) in [5.41, 5.74) is 8.15. The van der Waals surface area contributed by atoms with E-state index in [0.717, 1.165) is 28.7 Å². The fraction of sp³-hybridized carbons (Fsp3) is 0.167. The molecule has 0 saturated carbocycles. The molecule has 3 heteroatoms. The van der Waals surface area contributed by atoms with Gasteiger partial charge in [-0.3, -0.25) is 0 Å². The summed E-state index contributed by atoms with van der Waals surface area (Å²) in [4.78, 5) is 0. The van der Waals surface area contributed by atoms with E-state index in [2.05, 4.69) is 15.9 Å². The number of rotatable bonds is 0. The number of furan rings is 1. The average molecular weight is 264 g/mol. The highest BCUT2D eigenvalue weighted by Crippen LogP contribution is 2.42. The lowest BCUT2D eigenvalue weighted by Crippen LogP contribution is -2.30. The molecule has 1 atom stereocenters. The minimum absolute atomic E-state index is 0.496. The summed E-state index contributed by atoms with van der Waals surface area (Å²) in [5.74, 6) is 0.863. The Bertz CT molecular complexity index is 554. The molecule has 1 aliphatic carbocycles. The number of benzene rings is 1. The van der Waals surface area contributed by atoms with Crippen LogP contribution in [0.5, 0.6) is 0 Å². The predicted octanol–water partition coefficient (Wildman–Crippen LogP) is 3.36. The van der Waals surface area contributed by atoms with Gasteiger partial charge in [-0.1, -0.05) is 40.2 Å². The zero-order chi connectivity index (χ0) is 10.5. The van der Waals surface area contributed by atoms with E-state index in [1.807, 2.05) is 36.4 Å². The maximum Gasteiger partial charge on any atom is 0.135 e. The van der Waals surface area contributed by atoms with Gasteiger partial charge in [-0.25, -0.2) is 0 Å². The summed E-state index contributed by atoms with van der Waals surface area (Å²) in [6.45, 7) is 0. The standard InChI is InChI=1S/C12H10BrNO/c13-12(14)7-3-6-10-11(12)8-4-1-2-5-9(8)15-10/h1-6H,7,14H2. The summed E-state index contributed by atoms with van der Waals surface area (Å²) >= 11 is 3.56. The smallest absolute Gasteiger partial charge is 0.135 e. The van der Waals surface area contributed by atoms with Gasteiger partial charge in [0.2, 0.25) is 0 Å². The van der Waals surface area contributed by atoms with E-state index in [4.69, 9.17) is 10.2 Å². The number of nitrogens with two attached hydrogens (primary N) is 1. The zero-order valence-corrected chi connectivity index (χ0v) is 9.62. The van der Waals surface area contributed by atoms with Crippen molar-refractivity contribution in [1.29, 1.82) is 0 Å². The molecule has 2 nitrogen and oxygen atoms in total. The van der Waals surface area contributed by atoms with E-state index in [-0.39, 0.29) is 0 Å². The van der Waals surface area contributed by atoms with E-state index in [1.54, 1.807) is 0 Å². The van der Waals surface area contributed by atoms with Crippen LogP contribution in [0.25, 0.3) is 17.0 Å². The fourth-order valence-corrected chi connectivity index (χ4v) is 2.65. The quantitative estimate of drug-likeness (QED) is 0.585. The first-order valence-corrected chi connectivity index (χ1v) is 5.64. The first-order valence-electron chi connectivity index (χ1n) is 4.85. The zero-order valence-electron chi connectivity index (χ0n) is 8.03. The highest BCUT2D eigenvalue weighted by atomic mass is 79.9. The second-order valence-corrected chi connectivity index (χ2v) is 5.22. The lowest BCUT2D eigenvalue weighted by atomic mass is 9.96. The van der Waals surface area contributed by atoms with Crippen molar-refractivity contribution in [3.8, 4) is 0 Å². The molecule has 2 aromatic rings. The van der Waals surface area contributed by atoms with E-state index in [9.17, 15) is 0 Å². The van der Waals surface area contributed by atoms with Crippen LogP contribution in [0, 0.1) is 0 Å². The van der Waals surface area contributed by atoms with Crippen LogP contribution >= 0.6 is 15.9 Å². The summed E-state index contributed by atoms with van der Waals surface area (Å²) in [7, 11) is 0. The third-order valence-electron chi connectivity index (χ3n) is 2.72. The number of hydrogen-bond acceptors (Lipinski definition) is 2. The molecule has 0 saturated heterocycles. The van der Waals surface area contributed by atoms with Crippen molar-refractivity contribution in [1.82, 2.24) is 0 Å². The Hall–Kier alpha value is -1.06. The Morgan fingerprint density at radius 1 is 1.33 bits per heavy atom. The van der Waals surface area contributed by atoms with Gasteiger partial charge in [0, 0.05) is 10.9 Å². The molecule has 0 spiro atoms. The van der Waals surface area contributed by atoms with Crippen LogP contribution in [0.4, 0.5) is 0 Å². The van der Waals surface area contributed by atoms with Crippen molar-refractivity contribution < 1.29 is 4.42 Å². The van der Waals surface area contributed by atoms with Gasteiger partial charge < -0.3 is 10.2 Å². The van der Waals surface area contributed by atoms with Crippen molar-refractivity contribution in [3.63, 3.8) is 0 Å². The maximum absolute atomic E-state index is 6.21. The van der Waals surface area contributed by atoms with Crippen LogP contribution in [0.3, 0.4) is 0 Å². The highest BCUT2D eigenvalue weighted by molar-refractivity contribution is 9.09. The molecule has 2 N–H and O–H groups in total. The van der Waals surface area contributed by atoms with Gasteiger partial charge in [-0.05, 0) is 18.6 Å². The molecule has 0 amide bonds. The van der Waals surface area contributed by atoms with Crippen LogP contribution in [-0.4, -0.2) is 0 Å². The number of alkyl halides is 1. The lowest BCUT2D eigenvalue weighted by molar-refractivity contribution is 0.573. The molecule has 3 rings (SSSR count). The second-order valence-electron chi connectivity index (χ2n) is 3.81. The second kappa shape index (κ2) is 2.97. The minimum Gasteiger partial charge on any atom is -0.456 e. The Labute approximate surface area is 95.9 Å². The van der Waals surface area contributed by atoms with Crippen LogP contribution in [-0.2, 0) is 4.45 Å². The summed E-state index contributed by atoms with van der Waals surface area (Å²) in [5, 5.41) is 1.09. The molecule has 1 heterocycles. The Balaban J connectivity index is 2.43. The Morgan fingerprint density at radius 2 is 2.13 bits per heavy atom. The molecule has 76 valence electrons. The molecule has 0 bridgehead atoms. The molecular formula is C12H10BrNO. The van der Waals surface area contributed by atoms with Gasteiger partial charge in [0.05, 0.1) is 0 Å². The van der Waals surface area contributed by atoms with Crippen molar-refractivity contribution in [3.05, 3.63) is 41.7 Å². The SMILES string of the molecule is NC1(Br)CC=Cc2oc3ccccc3c21. The molecule has 0 radical (unpaired) electrons. The monoisotopic (exact) mass is 263 g/mol. The van der Waals surface area contributed by atoms with Gasteiger partial charge in [-0.2, -0.15) is 0 Å². The van der Waals surface area contributed by atoms with Crippen LogP contribution in [0.15, 0.2) is 34.8 Å². The molecule has 15 heavy (non-hydrogen) atoms. The third-order valence-corrected chi connectivity index (χ3v) is 3.44. The molecule has 0 aliphatic heterocycles. The predicted molar refractivity (Wildman–Crippen MR) is 64.7 cm³/mol. The van der Waals surface area contributed by atoms with Crippen LogP contribution < -0.4 is 5.73 Å². The number of halogens is 1. The normalized spacial score (nSPS) is 24.4. The molecule has 1 aliphatic rings. The molecular weight excluding hydrogens is 254 g/mol. The van der Waals surface area contributed by atoms with Gasteiger partial charge in [0.1, 0.15) is 15.8 Å². The van der Waals surface area contributed by atoms with Crippen molar-refractivity contribution in [2.24, 2.45) is 5.73 Å². The van der Waals surface area contributed by atoms with Crippen LogP contribution in [0.1, 0.15) is 17.7 Å². The van der Waals surface area contributed by atoms with Crippen LogP contribution in [0.2, 0.25) is 0 Å². The van der Waals surface area contributed by atoms with Crippen molar-refractivity contribution >= 4 is 33.0 Å². The number of hydrogen-bond donors (Lipinski definition) is 1. The van der Waals surface area contributed by atoms with Crippen molar-refractivity contribution in [2.75, 3.05) is 0 Å². The number of para-hydroxylation sites is 1. The molecule has 1 unspecified atom stereocenters. The lowest BCUT2D eigenvalue weighted by Gasteiger charge is -2.23. The third kappa shape index (κ3) is 1.27. The molecule has 0 fully saturated rings. The van der Waals surface area contributed by atoms with Gasteiger partial charge in [0.15, 0.2) is 0 Å². The summed E-state index contributed by atoms with van der Waals surface area (Å²) in [6.07, 6.45) is 4.80. The topological polar surface area (TPSA) is 39.2 Å². The fourth-order valence-electron chi connectivity index (χ4n) is 2.05. The van der Waals surface area contributed by atoms with E-state index in [0.29, 0.717) is 0 Å². The maximum atomic E-state index is 6.21. The van der Waals surface area contributed by atoms with Gasteiger partial charge >= 0.3 is 0 Å². The first-order chi connectivity index (χ1) is 7.18. The Kier molecular flexibility index (Phi) is 1.82. The summed E-state index contributed by atoms with van der Waals surface area (Å²) < 4.78 is 5.23.